The van der Waals surface area contributed by atoms with E-state index < -0.39 is 0 Å². The van der Waals surface area contributed by atoms with Crippen LogP contribution in [-0.2, 0) is 4.79 Å². The van der Waals surface area contributed by atoms with Gasteiger partial charge in [-0.15, -0.1) is 0 Å². The van der Waals surface area contributed by atoms with Crippen LogP contribution in [-0.4, -0.2) is 73.1 Å². The van der Waals surface area contributed by atoms with Crippen molar-refractivity contribution in [3.8, 4) is 0 Å². The molecular formula is C21H27FN6O. The Kier molecular flexibility index (Phi) is 5.51. The van der Waals surface area contributed by atoms with Crippen molar-refractivity contribution in [1.82, 2.24) is 14.9 Å². The smallest absolute Gasteiger partial charge is 0.219 e. The number of aromatic nitrogens is 2. The minimum Gasteiger partial charge on any atom is -0.366 e. The third-order valence-electron chi connectivity index (χ3n) is 5.66. The van der Waals surface area contributed by atoms with Crippen molar-refractivity contribution in [3.63, 3.8) is 0 Å². The van der Waals surface area contributed by atoms with Crippen LogP contribution in [0.4, 0.5) is 21.7 Å². The van der Waals surface area contributed by atoms with Gasteiger partial charge in [-0.05, 0) is 19.1 Å². The fourth-order valence-electron chi connectivity index (χ4n) is 4.00. The summed E-state index contributed by atoms with van der Waals surface area (Å²) in [5.41, 5.74) is 0.662. The first-order valence-electron chi connectivity index (χ1n) is 10.1. The molecule has 29 heavy (non-hydrogen) atoms. The number of carbonyl (C=O) groups is 1. The van der Waals surface area contributed by atoms with Crippen LogP contribution in [0.25, 0.3) is 0 Å². The minimum absolute atomic E-state index is 0.122. The predicted molar refractivity (Wildman–Crippen MR) is 112 cm³/mol. The maximum Gasteiger partial charge on any atom is 0.219 e. The summed E-state index contributed by atoms with van der Waals surface area (Å²) >= 11 is 0. The van der Waals surface area contributed by atoms with Crippen molar-refractivity contribution in [2.45, 2.75) is 13.8 Å². The van der Waals surface area contributed by atoms with Crippen LogP contribution >= 0.6 is 0 Å². The van der Waals surface area contributed by atoms with Gasteiger partial charge in [0.15, 0.2) is 0 Å². The lowest BCUT2D eigenvalue weighted by atomic mass is 10.2. The van der Waals surface area contributed by atoms with Crippen LogP contribution in [0, 0.1) is 12.7 Å². The van der Waals surface area contributed by atoms with Gasteiger partial charge in [0.05, 0.1) is 5.69 Å². The standard InChI is InChI=1S/C21H27FN6O/c1-16-23-20(27-11-7-25(8-12-27)17(2)29)15-21(24-16)28-13-9-26(10-14-28)19-6-4-3-5-18(19)22/h3-6,15H,7-14H2,1-2H3. The number of anilines is 3. The van der Waals surface area contributed by atoms with Gasteiger partial charge in [0.1, 0.15) is 23.3 Å². The maximum atomic E-state index is 14.1. The summed E-state index contributed by atoms with van der Waals surface area (Å²) in [6.45, 7) is 9.56. The van der Waals surface area contributed by atoms with Gasteiger partial charge in [-0.1, -0.05) is 12.1 Å². The fourth-order valence-corrected chi connectivity index (χ4v) is 4.00. The van der Waals surface area contributed by atoms with E-state index in [9.17, 15) is 9.18 Å². The maximum absolute atomic E-state index is 14.1. The molecule has 0 bridgehead atoms. The Labute approximate surface area is 170 Å². The van der Waals surface area contributed by atoms with Gasteiger partial charge < -0.3 is 19.6 Å². The Bertz CT molecular complexity index is 875. The Balaban J connectivity index is 1.44. The van der Waals surface area contributed by atoms with E-state index in [4.69, 9.17) is 0 Å². The zero-order valence-electron chi connectivity index (χ0n) is 17.0. The second-order valence-electron chi connectivity index (χ2n) is 7.55. The third kappa shape index (κ3) is 4.26. The number of hydrogen-bond donors (Lipinski definition) is 0. The summed E-state index contributed by atoms with van der Waals surface area (Å²) in [5.74, 6) is 2.51. The van der Waals surface area contributed by atoms with E-state index >= 15 is 0 Å². The lowest BCUT2D eigenvalue weighted by Gasteiger charge is -2.38. The summed E-state index contributed by atoms with van der Waals surface area (Å²) in [6.07, 6.45) is 0. The number of aryl methyl sites for hydroxylation is 1. The number of nitrogens with zero attached hydrogens (tertiary/aromatic N) is 6. The van der Waals surface area contributed by atoms with Crippen molar-refractivity contribution in [2.24, 2.45) is 0 Å². The number of benzene rings is 1. The van der Waals surface area contributed by atoms with E-state index in [0.29, 0.717) is 5.69 Å². The Morgan fingerprint density at radius 2 is 1.38 bits per heavy atom. The molecule has 3 heterocycles. The number of piperazine rings is 2. The average Bonchev–Trinajstić information content (AvgIpc) is 2.74. The number of hydrogen-bond acceptors (Lipinski definition) is 6. The second-order valence-corrected chi connectivity index (χ2v) is 7.55. The molecule has 7 nitrogen and oxygen atoms in total. The molecule has 0 saturated carbocycles. The minimum atomic E-state index is -0.175. The van der Waals surface area contributed by atoms with Crippen LogP contribution in [0.1, 0.15) is 12.7 Å². The van der Waals surface area contributed by atoms with Crippen LogP contribution in [0.3, 0.4) is 0 Å². The first-order valence-corrected chi connectivity index (χ1v) is 10.1. The van der Waals surface area contributed by atoms with Crippen LogP contribution in [0.5, 0.6) is 0 Å². The van der Waals surface area contributed by atoms with E-state index in [1.54, 1.807) is 13.0 Å². The molecule has 1 amide bonds. The zero-order chi connectivity index (χ0) is 20.4. The van der Waals surface area contributed by atoms with Crippen LogP contribution in [0.15, 0.2) is 30.3 Å². The highest BCUT2D eigenvalue weighted by Gasteiger charge is 2.23. The molecule has 0 atom stereocenters. The molecule has 1 aromatic heterocycles. The molecule has 0 unspecified atom stereocenters. The Hall–Kier alpha value is -2.90. The van der Waals surface area contributed by atoms with E-state index in [1.165, 1.54) is 6.07 Å². The van der Waals surface area contributed by atoms with E-state index in [1.807, 2.05) is 30.0 Å². The summed E-state index contributed by atoms with van der Waals surface area (Å²) in [6, 6.07) is 8.97. The van der Waals surface area contributed by atoms with Gasteiger partial charge in [-0.2, -0.15) is 0 Å². The highest BCUT2D eigenvalue weighted by molar-refractivity contribution is 5.73. The van der Waals surface area contributed by atoms with Crippen molar-refractivity contribution < 1.29 is 9.18 Å². The number of rotatable bonds is 3. The number of halogens is 1. The van der Waals surface area contributed by atoms with Crippen molar-refractivity contribution in [3.05, 3.63) is 42.0 Å². The largest absolute Gasteiger partial charge is 0.366 e. The van der Waals surface area contributed by atoms with E-state index in [0.717, 1.165) is 69.8 Å². The zero-order valence-corrected chi connectivity index (χ0v) is 17.0. The monoisotopic (exact) mass is 398 g/mol. The van der Waals surface area contributed by atoms with Crippen molar-refractivity contribution >= 4 is 23.2 Å². The van der Waals surface area contributed by atoms with E-state index in [-0.39, 0.29) is 11.7 Å². The molecule has 8 heteroatoms. The summed E-state index contributed by atoms with van der Waals surface area (Å²) in [4.78, 5) is 29.2. The molecule has 0 spiro atoms. The SMILES string of the molecule is CC(=O)N1CCN(c2cc(N3CCN(c4ccccc4F)CC3)nc(C)n2)CC1. The molecule has 4 rings (SSSR count). The number of carbonyl (C=O) groups excluding carboxylic acids is 1. The summed E-state index contributed by atoms with van der Waals surface area (Å²) in [5, 5.41) is 0. The van der Waals surface area contributed by atoms with Gasteiger partial charge in [0.2, 0.25) is 5.91 Å². The van der Waals surface area contributed by atoms with Gasteiger partial charge in [-0.3, -0.25) is 4.79 Å². The van der Waals surface area contributed by atoms with Gasteiger partial charge in [-0.25, -0.2) is 14.4 Å². The molecule has 154 valence electrons. The highest BCUT2D eigenvalue weighted by Crippen LogP contribution is 2.24. The molecule has 2 fully saturated rings. The lowest BCUT2D eigenvalue weighted by molar-refractivity contribution is -0.129. The van der Waals surface area contributed by atoms with E-state index in [2.05, 4.69) is 24.7 Å². The van der Waals surface area contributed by atoms with Crippen molar-refractivity contribution in [2.75, 3.05) is 67.1 Å². The molecule has 2 aromatic rings. The first kappa shape index (κ1) is 19.4. The molecule has 0 N–H and O–H groups in total. The molecule has 0 radical (unpaired) electrons. The second kappa shape index (κ2) is 8.23. The average molecular weight is 398 g/mol. The van der Waals surface area contributed by atoms with Crippen molar-refractivity contribution in [1.29, 1.82) is 0 Å². The Morgan fingerprint density at radius 3 is 1.93 bits per heavy atom. The highest BCUT2D eigenvalue weighted by atomic mass is 19.1. The third-order valence-corrected chi connectivity index (χ3v) is 5.66. The normalized spacial score (nSPS) is 17.6. The summed E-state index contributed by atoms with van der Waals surface area (Å²) in [7, 11) is 0. The van der Waals surface area contributed by atoms with Crippen LogP contribution in [0.2, 0.25) is 0 Å². The topological polar surface area (TPSA) is 55.8 Å². The lowest BCUT2D eigenvalue weighted by Crippen LogP contribution is -2.49. The molecule has 1 aromatic carbocycles. The molecule has 0 aliphatic carbocycles. The number of amides is 1. The molecular weight excluding hydrogens is 371 g/mol. The first-order chi connectivity index (χ1) is 14.0. The van der Waals surface area contributed by atoms with Gasteiger partial charge >= 0.3 is 0 Å². The van der Waals surface area contributed by atoms with Gasteiger partial charge in [0.25, 0.3) is 0 Å². The summed E-state index contributed by atoms with van der Waals surface area (Å²) < 4.78 is 14.1. The molecule has 2 aliphatic rings. The predicted octanol–water partition coefficient (Wildman–Crippen LogP) is 1.92. The Morgan fingerprint density at radius 1 is 0.862 bits per heavy atom. The fraction of sp³-hybridized carbons (Fsp3) is 0.476. The molecule has 2 aliphatic heterocycles. The van der Waals surface area contributed by atoms with Gasteiger partial charge in [0, 0.05) is 65.3 Å². The quantitative estimate of drug-likeness (QED) is 0.788. The van der Waals surface area contributed by atoms with Crippen LogP contribution < -0.4 is 14.7 Å². The number of para-hydroxylation sites is 1. The molecule has 2 saturated heterocycles.